The molecular formula is C12H17NO4S2. The number of hydrogen-bond donors (Lipinski definition) is 1. The van der Waals surface area contributed by atoms with Gasteiger partial charge in [0.25, 0.3) is 0 Å². The molecule has 1 unspecified atom stereocenters. The lowest BCUT2D eigenvalue weighted by atomic mass is 10.1. The van der Waals surface area contributed by atoms with E-state index in [1.807, 2.05) is 0 Å². The van der Waals surface area contributed by atoms with Crippen molar-refractivity contribution < 1.29 is 16.8 Å². The Labute approximate surface area is 113 Å². The van der Waals surface area contributed by atoms with Crippen molar-refractivity contribution in [1.82, 2.24) is 5.32 Å². The van der Waals surface area contributed by atoms with Gasteiger partial charge < -0.3 is 5.32 Å². The van der Waals surface area contributed by atoms with Crippen molar-refractivity contribution in [2.24, 2.45) is 0 Å². The first-order valence-corrected chi connectivity index (χ1v) is 9.76. The zero-order chi connectivity index (χ0) is 14.3. The van der Waals surface area contributed by atoms with Gasteiger partial charge >= 0.3 is 0 Å². The van der Waals surface area contributed by atoms with Crippen LogP contribution >= 0.6 is 0 Å². The van der Waals surface area contributed by atoms with Crippen LogP contribution in [0.2, 0.25) is 0 Å². The van der Waals surface area contributed by atoms with Crippen molar-refractivity contribution in [2.45, 2.75) is 28.7 Å². The maximum Gasteiger partial charge on any atom is 0.177 e. The van der Waals surface area contributed by atoms with Gasteiger partial charge in [-0.15, -0.1) is 0 Å². The Kier molecular flexibility index (Phi) is 3.72. The van der Waals surface area contributed by atoms with E-state index in [-0.39, 0.29) is 15.8 Å². The van der Waals surface area contributed by atoms with Gasteiger partial charge in [-0.2, -0.15) is 0 Å². The normalized spacial score (nSPS) is 20.6. The molecule has 1 fully saturated rings. The first-order valence-electron chi connectivity index (χ1n) is 5.97. The van der Waals surface area contributed by atoms with Crippen LogP contribution in [0.15, 0.2) is 28.0 Å². The topological polar surface area (TPSA) is 80.3 Å². The van der Waals surface area contributed by atoms with Gasteiger partial charge in [0.2, 0.25) is 0 Å². The maximum absolute atomic E-state index is 12.0. The fraction of sp³-hybridized carbons (Fsp3) is 0.500. The van der Waals surface area contributed by atoms with E-state index in [0.717, 1.165) is 31.9 Å². The third-order valence-electron chi connectivity index (χ3n) is 3.22. The summed E-state index contributed by atoms with van der Waals surface area (Å²) < 4.78 is 47.5. The summed E-state index contributed by atoms with van der Waals surface area (Å²) in [5.74, 6) is 0. The van der Waals surface area contributed by atoms with E-state index in [1.54, 1.807) is 12.1 Å². The van der Waals surface area contributed by atoms with Gasteiger partial charge in [-0.1, -0.05) is 12.1 Å². The molecule has 0 spiro atoms. The molecule has 1 aromatic rings. The number of rotatable bonds is 3. The van der Waals surface area contributed by atoms with Crippen molar-refractivity contribution in [3.63, 3.8) is 0 Å². The second-order valence-electron chi connectivity index (χ2n) is 4.87. The van der Waals surface area contributed by atoms with Gasteiger partial charge in [0.1, 0.15) is 0 Å². The van der Waals surface area contributed by atoms with Crippen LogP contribution in [0.25, 0.3) is 0 Å². The molecule has 1 N–H and O–H groups in total. The number of nitrogens with one attached hydrogen (secondary N) is 1. The van der Waals surface area contributed by atoms with Crippen molar-refractivity contribution in [3.8, 4) is 0 Å². The zero-order valence-corrected chi connectivity index (χ0v) is 12.5. The highest BCUT2D eigenvalue weighted by atomic mass is 32.2. The third-order valence-corrected chi connectivity index (χ3v) is 5.68. The lowest BCUT2D eigenvalue weighted by Gasteiger charge is -2.17. The summed E-state index contributed by atoms with van der Waals surface area (Å²) in [6, 6.07) is 4.55. The quantitative estimate of drug-likeness (QED) is 0.898. The fourth-order valence-corrected chi connectivity index (χ4v) is 5.21. The van der Waals surface area contributed by atoms with E-state index < -0.39 is 19.7 Å². The molecule has 0 aromatic heterocycles. The molecule has 1 heterocycles. The molecule has 1 aromatic carbocycles. The van der Waals surface area contributed by atoms with Crippen molar-refractivity contribution in [3.05, 3.63) is 23.8 Å². The van der Waals surface area contributed by atoms with Crippen LogP contribution in [-0.2, 0) is 19.7 Å². The minimum Gasteiger partial charge on any atom is -0.310 e. The predicted octanol–water partition coefficient (Wildman–Crippen LogP) is 0.918. The molecule has 0 amide bonds. The average Bonchev–Trinajstić information content (AvgIpc) is 2.79. The number of hydrogen-bond acceptors (Lipinski definition) is 5. The van der Waals surface area contributed by atoms with E-state index in [9.17, 15) is 16.8 Å². The van der Waals surface area contributed by atoms with Crippen molar-refractivity contribution >= 4 is 19.7 Å². The van der Waals surface area contributed by atoms with Crippen LogP contribution in [0.4, 0.5) is 0 Å². The monoisotopic (exact) mass is 303 g/mol. The van der Waals surface area contributed by atoms with Gasteiger partial charge in [0.05, 0.1) is 9.79 Å². The molecule has 1 atom stereocenters. The Morgan fingerprint density at radius 3 is 2.26 bits per heavy atom. The molecular weight excluding hydrogens is 286 g/mol. The van der Waals surface area contributed by atoms with E-state index in [1.165, 1.54) is 6.07 Å². The third kappa shape index (κ3) is 2.98. The predicted molar refractivity (Wildman–Crippen MR) is 72.6 cm³/mol. The molecule has 1 saturated heterocycles. The van der Waals surface area contributed by atoms with Crippen LogP contribution in [0.3, 0.4) is 0 Å². The summed E-state index contributed by atoms with van der Waals surface area (Å²) in [6.07, 6.45) is 3.85. The summed E-state index contributed by atoms with van der Waals surface area (Å²) >= 11 is 0. The Morgan fingerprint density at radius 1 is 1.11 bits per heavy atom. The molecule has 0 saturated carbocycles. The molecule has 19 heavy (non-hydrogen) atoms. The highest BCUT2D eigenvalue weighted by Gasteiger charge is 2.28. The standard InChI is InChI=1S/C12H17NO4S2/c1-18(14,15)11-7-3-5-9(10-6-4-8-13-10)12(11)19(2,16)17/h3,5,7,10,13H,4,6,8H2,1-2H3. The molecule has 2 rings (SSSR count). The zero-order valence-electron chi connectivity index (χ0n) is 10.9. The highest BCUT2D eigenvalue weighted by molar-refractivity contribution is 7.93. The smallest absolute Gasteiger partial charge is 0.177 e. The van der Waals surface area contributed by atoms with Gasteiger partial charge in [-0.05, 0) is 31.0 Å². The fourth-order valence-electron chi connectivity index (χ4n) is 2.45. The van der Waals surface area contributed by atoms with Crippen molar-refractivity contribution in [2.75, 3.05) is 19.1 Å². The van der Waals surface area contributed by atoms with Crippen LogP contribution in [-0.4, -0.2) is 35.9 Å². The number of benzene rings is 1. The Morgan fingerprint density at radius 2 is 1.79 bits per heavy atom. The van der Waals surface area contributed by atoms with Gasteiger partial charge in [-0.25, -0.2) is 16.8 Å². The lowest BCUT2D eigenvalue weighted by molar-refractivity contribution is 0.577. The van der Waals surface area contributed by atoms with Gasteiger partial charge in [-0.3, -0.25) is 0 Å². The maximum atomic E-state index is 12.0. The van der Waals surface area contributed by atoms with Crippen LogP contribution in [0, 0.1) is 0 Å². The Balaban J connectivity index is 2.75. The summed E-state index contributed by atoms with van der Waals surface area (Å²) in [7, 11) is -7.18. The van der Waals surface area contributed by atoms with Gasteiger partial charge in [0.15, 0.2) is 19.7 Å². The Hall–Kier alpha value is -0.920. The average molecular weight is 303 g/mol. The van der Waals surface area contributed by atoms with Crippen molar-refractivity contribution in [1.29, 1.82) is 0 Å². The highest BCUT2D eigenvalue weighted by Crippen LogP contribution is 2.32. The largest absolute Gasteiger partial charge is 0.310 e. The molecule has 0 radical (unpaired) electrons. The summed E-state index contributed by atoms with van der Waals surface area (Å²) in [4.78, 5) is -0.168. The summed E-state index contributed by atoms with van der Waals surface area (Å²) in [5.41, 5.74) is 0.558. The molecule has 106 valence electrons. The molecule has 0 bridgehead atoms. The summed E-state index contributed by atoms with van der Waals surface area (Å²) in [5, 5.41) is 3.20. The minimum absolute atomic E-state index is 0.0584. The first-order chi connectivity index (χ1) is 8.71. The number of sulfone groups is 2. The second-order valence-corrected chi connectivity index (χ2v) is 8.80. The first kappa shape index (κ1) is 14.5. The molecule has 1 aliphatic rings. The second kappa shape index (κ2) is 4.88. The van der Waals surface area contributed by atoms with Gasteiger partial charge in [0, 0.05) is 18.6 Å². The van der Waals surface area contributed by atoms with E-state index >= 15 is 0 Å². The molecule has 7 heteroatoms. The van der Waals surface area contributed by atoms with Crippen LogP contribution in [0.1, 0.15) is 24.4 Å². The molecule has 5 nitrogen and oxygen atoms in total. The van der Waals surface area contributed by atoms with E-state index in [2.05, 4.69) is 5.32 Å². The minimum atomic E-state index is -3.60. The van der Waals surface area contributed by atoms with Crippen LogP contribution in [0.5, 0.6) is 0 Å². The van der Waals surface area contributed by atoms with Crippen LogP contribution < -0.4 is 5.32 Å². The Bertz CT molecular complexity index is 686. The summed E-state index contributed by atoms with van der Waals surface area (Å²) in [6.45, 7) is 0.816. The molecule has 0 aliphatic carbocycles. The molecule has 1 aliphatic heterocycles. The lowest BCUT2D eigenvalue weighted by Crippen LogP contribution is -2.18. The van der Waals surface area contributed by atoms with E-state index in [4.69, 9.17) is 0 Å². The van der Waals surface area contributed by atoms with E-state index in [0.29, 0.717) is 5.56 Å². The SMILES string of the molecule is CS(=O)(=O)c1cccc(C2CCCN2)c1S(C)(=O)=O.